The first-order valence-electron chi connectivity index (χ1n) is 6.14. The molecule has 0 bridgehead atoms. The molecule has 0 amide bonds. The van der Waals surface area contributed by atoms with Crippen LogP contribution in [0.3, 0.4) is 0 Å². The molecular formula is C13H21N3OS. The summed E-state index contributed by atoms with van der Waals surface area (Å²) < 4.78 is 5.68. The van der Waals surface area contributed by atoms with Crippen LogP contribution in [-0.4, -0.2) is 30.2 Å². The number of pyridine rings is 1. The Morgan fingerprint density at radius 2 is 2.33 bits per heavy atom. The zero-order chi connectivity index (χ0) is 13.5. The number of thiocarbonyl (C=S) groups is 1. The van der Waals surface area contributed by atoms with Gasteiger partial charge in [0.1, 0.15) is 0 Å². The fourth-order valence-electron chi connectivity index (χ4n) is 1.58. The number of hydrogen-bond donors (Lipinski definition) is 1. The highest BCUT2D eigenvalue weighted by Crippen LogP contribution is 2.24. The Kier molecular flexibility index (Phi) is 5.85. The molecule has 0 aliphatic carbocycles. The Balaban J connectivity index is 2.77. The van der Waals surface area contributed by atoms with Gasteiger partial charge in [0.05, 0.1) is 11.6 Å². The van der Waals surface area contributed by atoms with Crippen LogP contribution in [0.2, 0.25) is 0 Å². The monoisotopic (exact) mass is 267 g/mol. The molecule has 1 atom stereocenters. The largest absolute Gasteiger partial charge is 0.490 e. The lowest BCUT2D eigenvalue weighted by atomic mass is 10.1. The predicted octanol–water partition coefficient (Wildman–Crippen LogP) is 2.23. The van der Waals surface area contributed by atoms with Gasteiger partial charge in [0.15, 0.2) is 11.6 Å². The first-order chi connectivity index (χ1) is 8.56. The zero-order valence-corrected chi connectivity index (χ0v) is 12.0. The lowest BCUT2D eigenvalue weighted by molar-refractivity contribution is 0.316. The summed E-state index contributed by atoms with van der Waals surface area (Å²) in [7, 11) is 1.97. The maximum absolute atomic E-state index is 5.68. The van der Waals surface area contributed by atoms with Crippen LogP contribution in [0.4, 0.5) is 5.82 Å². The summed E-state index contributed by atoms with van der Waals surface area (Å²) in [5.41, 5.74) is 5.63. The summed E-state index contributed by atoms with van der Waals surface area (Å²) in [5.74, 6) is 1.78. The number of anilines is 1. The fraction of sp³-hybridized carbons (Fsp3) is 0.538. The van der Waals surface area contributed by atoms with Crippen molar-refractivity contribution in [3.05, 3.63) is 18.3 Å². The standard InChI is InChI=1S/C13H21N3OS/c1-4-8-17-11-6-5-7-15-13(11)16(3)9-10(2)12(14)18/h5-7,10H,4,8-9H2,1-3H3,(H2,14,18). The molecule has 18 heavy (non-hydrogen) atoms. The molecule has 1 aromatic heterocycles. The fourth-order valence-corrected chi connectivity index (χ4v) is 1.66. The molecule has 1 heterocycles. The Morgan fingerprint density at radius 1 is 1.61 bits per heavy atom. The number of nitrogens with zero attached hydrogens (tertiary/aromatic N) is 2. The molecule has 0 radical (unpaired) electrons. The van der Waals surface area contributed by atoms with Gasteiger partial charge in [0, 0.05) is 25.7 Å². The Hall–Kier alpha value is -1.36. The molecule has 1 rings (SSSR count). The third kappa shape index (κ3) is 4.14. The van der Waals surface area contributed by atoms with E-state index in [0.717, 1.165) is 24.5 Å². The van der Waals surface area contributed by atoms with E-state index in [9.17, 15) is 0 Å². The van der Waals surface area contributed by atoms with E-state index in [-0.39, 0.29) is 5.92 Å². The second kappa shape index (κ2) is 7.16. The molecule has 2 N–H and O–H groups in total. The van der Waals surface area contributed by atoms with Crippen LogP contribution in [0.25, 0.3) is 0 Å². The van der Waals surface area contributed by atoms with Crippen LogP contribution in [-0.2, 0) is 0 Å². The highest BCUT2D eigenvalue weighted by Gasteiger charge is 2.14. The van der Waals surface area contributed by atoms with Crippen molar-refractivity contribution >= 4 is 23.0 Å². The van der Waals surface area contributed by atoms with Gasteiger partial charge in [-0.05, 0) is 18.6 Å². The van der Waals surface area contributed by atoms with Crippen LogP contribution in [0.1, 0.15) is 20.3 Å². The van der Waals surface area contributed by atoms with E-state index < -0.39 is 0 Å². The van der Waals surface area contributed by atoms with Gasteiger partial charge in [-0.3, -0.25) is 0 Å². The van der Waals surface area contributed by atoms with Crippen LogP contribution < -0.4 is 15.4 Å². The van der Waals surface area contributed by atoms with Crippen molar-refractivity contribution in [3.8, 4) is 5.75 Å². The highest BCUT2D eigenvalue weighted by molar-refractivity contribution is 7.80. The molecule has 1 unspecified atom stereocenters. The minimum absolute atomic E-state index is 0.144. The lowest BCUT2D eigenvalue weighted by Gasteiger charge is -2.23. The van der Waals surface area contributed by atoms with Gasteiger partial charge in [-0.15, -0.1) is 0 Å². The van der Waals surface area contributed by atoms with Crippen LogP contribution in [0.5, 0.6) is 5.75 Å². The first kappa shape index (κ1) is 14.7. The molecule has 1 aromatic rings. The summed E-state index contributed by atoms with van der Waals surface area (Å²) >= 11 is 4.99. The Bertz CT molecular complexity index is 398. The number of nitrogens with two attached hydrogens (primary N) is 1. The molecule has 0 aliphatic rings. The number of rotatable bonds is 7. The van der Waals surface area contributed by atoms with Gasteiger partial charge in [0.2, 0.25) is 0 Å². The summed E-state index contributed by atoms with van der Waals surface area (Å²) in [6, 6.07) is 3.80. The third-order valence-electron chi connectivity index (χ3n) is 2.61. The van der Waals surface area contributed by atoms with Gasteiger partial charge in [-0.1, -0.05) is 26.1 Å². The van der Waals surface area contributed by atoms with Gasteiger partial charge in [-0.2, -0.15) is 0 Å². The first-order valence-corrected chi connectivity index (χ1v) is 6.55. The van der Waals surface area contributed by atoms with Gasteiger partial charge >= 0.3 is 0 Å². The lowest BCUT2D eigenvalue weighted by Crippen LogP contribution is -2.32. The van der Waals surface area contributed by atoms with Crippen molar-refractivity contribution in [1.29, 1.82) is 0 Å². The molecule has 4 nitrogen and oxygen atoms in total. The van der Waals surface area contributed by atoms with Gasteiger partial charge < -0.3 is 15.4 Å². The zero-order valence-electron chi connectivity index (χ0n) is 11.2. The normalized spacial score (nSPS) is 11.9. The molecule has 100 valence electrons. The van der Waals surface area contributed by atoms with Crippen LogP contribution in [0, 0.1) is 5.92 Å². The quantitative estimate of drug-likeness (QED) is 0.768. The molecule has 0 saturated heterocycles. The molecular weight excluding hydrogens is 246 g/mol. The van der Waals surface area contributed by atoms with Crippen molar-refractivity contribution in [2.75, 3.05) is 25.1 Å². The van der Waals surface area contributed by atoms with Gasteiger partial charge in [-0.25, -0.2) is 4.98 Å². The van der Waals surface area contributed by atoms with E-state index in [1.54, 1.807) is 6.20 Å². The maximum atomic E-state index is 5.68. The topological polar surface area (TPSA) is 51.4 Å². The summed E-state index contributed by atoms with van der Waals surface area (Å²) in [6.45, 7) is 5.51. The molecule has 0 spiro atoms. The summed E-state index contributed by atoms with van der Waals surface area (Å²) in [4.78, 5) is 6.91. The molecule has 5 heteroatoms. The van der Waals surface area contributed by atoms with E-state index in [1.807, 2.05) is 31.0 Å². The number of hydrogen-bond acceptors (Lipinski definition) is 4. The van der Waals surface area contributed by atoms with E-state index >= 15 is 0 Å². The third-order valence-corrected chi connectivity index (χ3v) is 3.01. The molecule has 0 fully saturated rings. The van der Waals surface area contributed by atoms with Crippen molar-refractivity contribution < 1.29 is 4.74 Å². The minimum atomic E-state index is 0.144. The average Bonchev–Trinajstić information content (AvgIpc) is 2.36. The predicted molar refractivity (Wildman–Crippen MR) is 79.2 cm³/mol. The summed E-state index contributed by atoms with van der Waals surface area (Å²) in [5, 5.41) is 0. The average molecular weight is 267 g/mol. The SMILES string of the molecule is CCCOc1cccnc1N(C)CC(C)C(N)=S. The van der Waals surface area contributed by atoms with Crippen molar-refractivity contribution in [1.82, 2.24) is 4.98 Å². The van der Waals surface area contributed by atoms with Crippen molar-refractivity contribution in [2.45, 2.75) is 20.3 Å². The van der Waals surface area contributed by atoms with Crippen LogP contribution >= 0.6 is 12.2 Å². The van der Waals surface area contributed by atoms with Crippen molar-refractivity contribution in [2.24, 2.45) is 11.7 Å². The second-order valence-corrected chi connectivity index (χ2v) is 4.83. The minimum Gasteiger partial charge on any atom is -0.490 e. The Labute approximate surface area is 114 Å². The van der Waals surface area contributed by atoms with Crippen LogP contribution in [0.15, 0.2) is 18.3 Å². The summed E-state index contributed by atoms with van der Waals surface area (Å²) in [6.07, 6.45) is 2.73. The van der Waals surface area contributed by atoms with Crippen molar-refractivity contribution in [3.63, 3.8) is 0 Å². The van der Waals surface area contributed by atoms with E-state index in [1.165, 1.54) is 0 Å². The van der Waals surface area contributed by atoms with Gasteiger partial charge in [0.25, 0.3) is 0 Å². The Morgan fingerprint density at radius 3 is 2.94 bits per heavy atom. The number of aromatic nitrogens is 1. The highest BCUT2D eigenvalue weighted by atomic mass is 32.1. The smallest absolute Gasteiger partial charge is 0.171 e. The molecule has 0 aliphatic heterocycles. The van der Waals surface area contributed by atoms with E-state index in [4.69, 9.17) is 22.7 Å². The second-order valence-electron chi connectivity index (χ2n) is 4.36. The number of ether oxygens (including phenoxy) is 1. The van der Waals surface area contributed by atoms with E-state index in [0.29, 0.717) is 11.6 Å². The molecule has 0 aromatic carbocycles. The maximum Gasteiger partial charge on any atom is 0.171 e. The van der Waals surface area contributed by atoms with E-state index in [2.05, 4.69) is 11.9 Å². The molecule has 0 saturated carbocycles.